The van der Waals surface area contributed by atoms with Crippen LogP contribution in [0.2, 0.25) is 0 Å². The molecule has 1 aliphatic heterocycles. The number of carbonyl (C=O) groups is 1. The highest BCUT2D eigenvalue weighted by Crippen LogP contribution is 2.15. The van der Waals surface area contributed by atoms with Crippen molar-refractivity contribution in [2.45, 2.75) is 32.5 Å². The van der Waals surface area contributed by atoms with Crippen LogP contribution in [0.4, 0.5) is 0 Å². The third-order valence-corrected chi connectivity index (χ3v) is 3.17. The summed E-state index contributed by atoms with van der Waals surface area (Å²) < 4.78 is 11.1. The molecule has 98 valence electrons. The summed E-state index contributed by atoms with van der Waals surface area (Å²) in [7, 11) is 0. The van der Waals surface area contributed by atoms with Gasteiger partial charge >= 0.3 is 5.97 Å². The molecule has 2 rings (SSSR count). The first kappa shape index (κ1) is 13.1. The average Bonchev–Trinajstić information content (AvgIpc) is 2.84. The zero-order chi connectivity index (χ0) is 13.0. The van der Waals surface area contributed by atoms with Gasteiger partial charge in [0.25, 0.3) is 0 Å². The molecule has 1 N–H and O–H groups in total. The number of carboxylic acids is 1. The quantitative estimate of drug-likeness (QED) is 0.871. The third kappa shape index (κ3) is 3.31. The largest absolute Gasteiger partial charge is 0.478 e. The normalized spacial score (nSPS) is 19.1. The van der Waals surface area contributed by atoms with Gasteiger partial charge in [0.05, 0.1) is 24.9 Å². The van der Waals surface area contributed by atoms with Crippen molar-refractivity contribution in [1.82, 2.24) is 0 Å². The van der Waals surface area contributed by atoms with Gasteiger partial charge < -0.3 is 14.6 Å². The molecule has 0 aromatic heterocycles. The highest BCUT2D eigenvalue weighted by molar-refractivity contribution is 5.87. The summed E-state index contributed by atoms with van der Waals surface area (Å²) in [6, 6.07) is 5.10. The Kier molecular flexibility index (Phi) is 4.33. The van der Waals surface area contributed by atoms with E-state index in [1.54, 1.807) is 12.1 Å². The van der Waals surface area contributed by atoms with E-state index in [1.165, 1.54) is 0 Å². The van der Waals surface area contributed by atoms with Crippen molar-refractivity contribution >= 4 is 5.97 Å². The minimum absolute atomic E-state index is 0.226. The first-order valence-corrected chi connectivity index (χ1v) is 6.19. The number of aryl methyl sites for hydroxylation is 1. The van der Waals surface area contributed by atoms with Crippen LogP contribution in [0.15, 0.2) is 18.2 Å². The van der Waals surface area contributed by atoms with Crippen molar-refractivity contribution in [1.29, 1.82) is 0 Å². The molecule has 0 radical (unpaired) electrons. The molecule has 0 saturated carbocycles. The lowest BCUT2D eigenvalue weighted by Crippen LogP contribution is -2.14. The lowest BCUT2D eigenvalue weighted by Gasteiger charge is -2.11. The van der Waals surface area contributed by atoms with Gasteiger partial charge in [0.15, 0.2) is 0 Å². The van der Waals surface area contributed by atoms with Crippen LogP contribution in [0.1, 0.15) is 34.3 Å². The zero-order valence-corrected chi connectivity index (χ0v) is 10.5. The van der Waals surface area contributed by atoms with Crippen molar-refractivity contribution in [2.75, 3.05) is 13.2 Å². The third-order valence-electron chi connectivity index (χ3n) is 3.17. The number of ether oxygens (including phenoxy) is 2. The Morgan fingerprint density at radius 3 is 3.00 bits per heavy atom. The van der Waals surface area contributed by atoms with Crippen LogP contribution in [0.5, 0.6) is 0 Å². The minimum Gasteiger partial charge on any atom is -0.478 e. The molecule has 0 aliphatic carbocycles. The smallest absolute Gasteiger partial charge is 0.335 e. The number of benzene rings is 1. The molecule has 4 heteroatoms. The molecular weight excluding hydrogens is 232 g/mol. The summed E-state index contributed by atoms with van der Waals surface area (Å²) in [5.74, 6) is -0.898. The first-order valence-electron chi connectivity index (χ1n) is 6.19. The monoisotopic (exact) mass is 250 g/mol. The second-order valence-electron chi connectivity index (χ2n) is 4.60. The average molecular weight is 250 g/mol. The molecule has 18 heavy (non-hydrogen) atoms. The molecule has 0 spiro atoms. The highest BCUT2D eigenvalue weighted by atomic mass is 16.5. The van der Waals surface area contributed by atoms with Crippen LogP contribution in [-0.4, -0.2) is 30.4 Å². The van der Waals surface area contributed by atoms with Crippen LogP contribution in [-0.2, 0) is 16.1 Å². The van der Waals surface area contributed by atoms with E-state index in [-0.39, 0.29) is 6.10 Å². The van der Waals surface area contributed by atoms with Gasteiger partial charge in [-0.25, -0.2) is 4.79 Å². The summed E-state index contributed by atoms with van der Waals surface area (Å²) >= 11 is 0. The molecule has 0 amide bonds. The van der Waals surface area contributed by atoms with Gasteiger partial charge in [-0.2, -0.15) is 0 Å². The van der Waals surface area contributed by atoms with Crippen molar-refractivity contribution in [2.24, 2.45) is 0 Å². The Morgan fingerprint density at radius 1 is 1.56 bits per heavy atom. The second-order valence-corrected chi connectivity index (χ2v) is 4.60. The predicted octanol–water partition coefficient (Wildman–Crippen LogP) is 2.39. The second kappa shape index (κ2) is 5.98. The number of hydrogen-bond donors (Lipinski definition) is 1. The molecular formula is C14H18O4. The van der Waals surface area contributed by atoms with Crippen LogP contribution in [0.3, 0.4) is 0 Å². The highest BCUT2D eigenvalue weighted by Gasteiger charge is 2.15. The Bertz CT molecular complexity index is 422. The lowest BCUT2D eigenvalue weighted by atomic mass is 10.1. The molecule has 1 fully saturated rings. The Morgan fingerprint density at radius 2 is 2.39 bits per heavy atom. The van der Waals surface area contributed by atoms with Crippen LogP contribution >= 0.6 is 0 Å². The Hall–Kier alpha value is -1.39. The topological polar surface area (TPSA) is 55.8 Å². The van der Waals surface area contributed by atoms with E-state index < -0.39 is 5.97 Å². The number of carboxylic acid groups (broad SMARTS) is 1. The van der Waals surface area contributed by atoms with Gasteiger partial charge in [-0.05, 0) is 43.0 Å². The summed E-state index contributed by atoms with van der Waals surface area (Å²) in [5, 5.41) is 8.87. The maximum absolute atomic E-state index is 10.8. The van der Waals surface area contributed by atoms with Crippen molar-refractivity contribution in [3.8, 4) is 0 Å². The fraction of sp³-hybridized carbons (Fsp3) is 0.500. The van der Waals surface area contributed by atoms with E-state index in [1.807, 2.05) is 13.0 Å². The SMILES string of the molecule is Cc1cc(C(=O)O)ccc1COCC1CCCO1. The van der Waals surface area contributed by atoms with Crippen molar-refractivity contribution < 1.29 is 19.4 Å². The van der Waals surface area contributed by atoms with E-state index in [9.17, 15) is 4.79 Å². The molecule has 0 bridgehead atoms. The Balaban J connectivity index is 1.87. The number of aromatic carboxylic acids is 1. The fourth-order valence-corrected chi connectivity index (χ4v) is 2.07. The van der Waals surface area contributed by atoms with Gasteiger partial charge in [0, 0.05) is 6.61 Å². The minimum atomic E-state index is -0.898. The number of rotatable bonds is 5. The fourth-order valence-electron chi connectivity index (χ4n) is 2.07. The van der Waals surface area contributed by atoms with E-state index in [2.05, 4.69) is 0 Å². The first-order chi connectivity index (χ1) is 8.66. The molecule has 1 aromatic carbocycles. The lowest BCUT2D eigenvalue weighted by molar-refractivity contribution is 0.0104. The van der Waals surface area contributed by atoms with Crippen LogP contribution < -0.4 is 0 Å². The van der Waals surface area contributed by atoms with Gasteiger partial charge in [0.1, 0.15) is 0 Å². The van der Waals surface area contributed by atoms with E-state index in [4.69, 9.17) is 14.6 Å². The van der Waals surface area contributed by atoms with Gasteiger partial charge in [-0.3, -0.25) is 0 Å². The van der Waals surface area contributed by atoms with Crippen LogP contribution in [0.25, 0.3) is 0 Å². The summed E-state index contributed by atoms with van der Waals surface area (Å²) in [6.45, 7) is 3.85. The standard InChI is InChI=1S/C14H18O4/c1-10-7-11(14(15)16)4-5-12(10)8-17-9-13-3-2-6-18-13/h4-5,7,13H,2-3,6,8-9H2,1H3,(H,15,16). The van der Waals surface area contributed by atoms with E-state index in [0.29, 0.717) is 18.8 Å². The van der Waals surface area contributed by atoms with Crippen molar-refractivity contribution in [3.63, 3.8) is 0 Å². The summed E-state index contributed by atoms with van der Waals surface area (Å²) in [4.78, 5) is 10.8. The molecule has 1 unspecified atom stereocenters. The summed E-state index contributed by atoms with van der Waals surface area (Å²) in [5.41, 5.74) is 2.29. The zero-order valence-electron chi connectivity index (χ0n) is 10.5. The molecule has 1 aromatic rings. The molecule has 1 atom stereocenters. The molecule has 1 aliphatic rings. The van der Waals surface area contributed by atoms with E-state index in [0.717, 1.165) is 30.6 Å². The maximum atomic E-state index is 10.8. The molecule has 1 heterocycles. The van der Waals surface area contributed by atoms with Gasteiger partial charge in [-0.1, -0.05) is 6.07 Å². The predicted molar refractivity (Wildman–Crippen MR) is 66.8 cm³/mol. The van der Waals surface area contributed by atoms with E-state index >= 15 is 0 Å². The van der Waals surface area contributed by atoms with Crippen LogP contribution in [0, 0.1) is 6.92 Å². The maximum Gasteiger partial charge on any atom is 0.335 e. The van der Waals surface area contributed by atoms with Gasteiger partial charge in [-0.15, -0.1) is 0 Å². The summed E-state index contributed by atoms with van der Waals surface area (Å²) in [6.07, 6.45) is 2.40. The number of hydrogen-bond acceptors (Lipinski definition) is 3. The Labute approximate surface area is 107 Å². The van der Waals surface area contributed by atoms with Crippen molar-refractivity contribution in [3.05, 3.63) is 34.9 Å². The van der Waals surface area contributed by atoms with Gasteiger partial charge in [0.2, 0.25) is 0 Å². The molecule has 4 nitrogen and oxygen atoms in total. The molecule has 1 saturated heterocycles.